The van der Waals surface area contributed by atoms with Gasteiger partial charge in [0.1, 0.15) is 0 Å². The molecule has 106 valence electrons. The van der Waals surface area contributed by atoms with Gasteiger partial charge in [-0.3, -0.25) is 0 Å². The van der Waals surface area contributed by atoms with Gasteiger partial charge >= 0.3 is 0 Å². The third-order valence-electron chi connectivity index (χ3n) is 4.01. The summed E-state index contributed by atoms with van der Waals surface area (Å²) in [4.78, 5) is 4.54. The molecule has 1 saturated carbocycles. The van der Waals surface area contributed by atoms with E-state index in [-0.39, 0.29) is 0 Å². The van der Waals surface area contributed by atoms with Crippen LogP contribution in [0.3, 0.4) is 0 Å². The average molecular weight is 336 g/mol. The van der Waals surface area contributed by atoms with E-state index in [0.29, 0.717) is 17.6 Å². The summed E-state index contributed by atoms with van der Waals surface area (Å²) in [6.45, 7) is 2.23. The van der Waals surface area contributed by atoms with Gasteiger partial charge in [-0.05, 0) is 46.8 Å². The second-order valence-corrected chi connectivity index (χ2v) is 6.61. The van der Waals surface area contributed by atoms with E-state index in [1.165, 1.54) is 6.42 Å². The smallest absolute Gasteiger partial charge is 0.259 e. The van der Waals surface area contributed by atoms with Crippen LogP contribution >= 0.6 is 15.9 Å². The van der Waals surface area contributed by atoms with E-state index in [1.54, 1.807) is 0 Å². The fourth-order valence-corrected chi connectivity index (χ4v) is 3.42. The summed E-state index contributed by atoms with van der Waals surface area (Å²) in [6, 6.07) is 7.82. The van der Waals surface area contributed by atoms with Gasteiger partial charge in [0.05, 0.1) is 11.1 Å². The van der Waals surface area contributed by atoms with Crippen molar-refractivity contribution in [1.29, 1.82) is 0 Å². The lowest BCUT2D eigenvalue weighted by Crippen LogP contribution is -2.42. The first kappa shape index (κ1) is 13.8. The first-order valence-electron chi connectivity index (χ1n) is 6.96. The number of hydrogen-bond acceptors (Lipinski definition) is 4. The van der Waals surface area contributed by atoms with Gasteiger partial charge in [-0.1, -0.05) is 37.1 Å². The van der Waals surface area contributed by atoms with Crippen molar-refractivity contribution >= 4 is 15.9 Å². The number of aromatic nitrogens is 2. The number of nitrogens with zero attached hydrogens (tertiary/aromatic N) is 2. The number of hydrogen-bond donors (Lipinski definition) is 1. The zero-order chi connectivity index (χ0) is 14.2. The lowest BCUT2D eigenvalue weighted by molar-refractivity contribution is 0.222. The molecule has 0 spiro atoms. The van der Waals surface area contributed by atoms with Crippen LogP contribution in [0.2, 0.25) is 0 Å². The SMILES string of the molecule is CC1CCCC(N)(c2noc(-c3ccccc3Br)n2)C1. The van der Waals surface area contributed by atoms with E-state index in [9.17, 15) is 0 Å². The monoisotopic (exact) mass is 335 g/mol. The maximum atomic E-state index is 6.50. The summed E-state index contributed by atoms with van der Waals surface area (Å²) in [5.41, 5.74) is 6.96. The molecule has 1 aromatic carbocycles. The molecule has 0 saturated heterocycles. The van der Waals surface area contributed by atoms with E-state index in [2.05, 4.69) is 33.0 Å². The molecule has 4 nitrogen and oxygen atoms in total. The number of benzene rings is 1. The molecule has 1 aromatic heterocycles. The highest BCUT2D eigenvalue weighted by atomic mass is 79.9. The Morgan fingerprint density at radius 3 is 2.95 bits per heavy atom. The molecule has 2 N–H and O–H groups in total. The largest absolute Gasteiger partial charge is 0.334 e. The Balaban J connectivity index is 1.92. The van der Waals surface area contributed by atoms with Gasteiger partial charge < -0.3 is 10.3 Å². The molecule has 3 rings (SSSR count). The number of halogens is 1. The lowest BCUT2D eigenvalue weighted by Gasteiger charge is -2.33. The van der Waals surface area contributed by atoms with E-state index in [4.69, 9.17) is 10.3 Å². The molecule has 0 aliphatic heterocycles. The highest BCUT2D eigenvalue weighted by Crippen LogP contribution is 2.37. The maximum Gasteiger partial charge on any atom is 0.259 e. The highest BCUT2D eigenvalue weighted by molar-refractivity contribution is 9.10. The third kappa shape index (κ3) is 2.52. The zero-order valence-electron chi connectivity index (χ0n) is 11.5. The number of nitrogens with two attached hydrogens (primary N) is 1. The van der Waals surface area contributed by atoms with Gasteiger partial charge in [0.15, 0.2) is 5.82 Å². The minimum absolute atomic E-state index is 0.444. The van der Waals surface area contributed by atoms with E-state index >= 15 is 0 Å². The lowest BCUT2D eigenvalue weighted by atomic mass is 9.76. The van der Waals surface area contributed by atoms with Crippen LogP contribution in [-0.4, -0.2) is 10.1 Å². The molecule has 0 bridgehead atoms. The quantitative estimate of drug-likeness (QED) is 0.904. The van der Waals surface area contributed by atoms with Crippen LogP contribution in [0, 0.1) is 5.92 Å². The topological polar surface area (TPSA) is 64.9 Å². The van der Waals surface area contributed by atoms with Crippen LogP contribution in [0.15, 0.2) is 33.3 Å². The highest BCUT2D eigenvalue weighted by Gasteiger charge is 2.37. The first-order chi connectivity index (χ1) is 9.58. The summed E-state index contributed by atoms with van der Waals surface area (Å²) in [6.07, 6.45) is 4.19. The second-order valence-electron chi connectivity index (χ2n) is 5.76. The normalized spacial score (nSPS) is 26.6. The van der Waals surface area contributed by atoms with Gasteiger partial charge in [0.2, 0.25) is 0 Å². The average Bonchev–Trinajstić information content (AvgIpc) is 2.89. The summed E-state index contributed by atoms with van der Waals surface area (Å²) in [7, 11) is 0. The van der Waals surface area contributed by atoms with E-state index < -0.39 is 5.54 Å². The standard InChI is InChI=1S/C15H18BrN3O/c1-10-5-4-8-15(17,9-10)14-18-13(20-19-14)11-6-2-3-7-12(11)16/h2-3,6-7,10H,4-5,8-9,17H2,1H3. The Labute approximate surface area is 126 Å². The Morgan fingerprint density at radius 1 is 1.40 bits per heavy atom. The predicted octanol–water partition coefficient (Wildman–Crippen LogP) is 3.86. The van der Waals surface area contributed by atoms with Crippen LogP contribution < -0.4 is 5.73 Å². The van der Waals surface area contributed by atoms with Gasteiger partial charge in [0.25, 0.3) is 5.89 Å². The molecule has 2 aromatic rings. The fourth-order valence-electron chi connectivity index (χ4n) is 2.96. The van der Waals surface area contributed by atoms with Crippen LogP contribution in [0.5, 0.6) is 0 Å². The summed E-state index contributed by atoms with van der Waals surface area (Å²) >= 11 is 3.50. The summed E-state index contributed by atoms with van der Waals surface area (Å²) < 4.78 is 6.36. The molecule has 0 amide bonds. The molecule has 20 heavy (non-hydrogen) atoms. The van der Waals surface area contributed by atoms with Crippen molar-refractivity contribution in [3.8, 4) is 11.5 Å². The summed E-state index contributed by atoms with van der Waals surface area (Å²) in [5, 5.41) is 4.13. The van der Waals surface area contributed by atoms with Gasteiger partial charge in [-0.15, -0.1) is 0 Å². The predicted molar refractivity (Wildman–Crippen MR) is 80.9 cm³/mol. The van der Waals surface area contributed by atoms with Gasteiger partial charge in [0, 0.05) is 4.47 Å². The van der Waals surface area contributed by atoms with Crippen LogP contribution in [0.1, 0.15) is 38.4 Å². The van der Waals surface area contributed by atoms with Crippen LogP contribution in [0.25, 0.3) is 11.5 Å². The van der Waals surface area contributed by atoms with Crippen LogP contribution in [-0.2, 0) is 5.54 Å². The van der Waals surface area contributed by atoms with Crippen molar-refractivity contribution in [2.24, 2.45) is 11.7 Å². The van der Waals surface area contributed by atoms with E-state index in [1.807, 2.05) is 24.3 Å². The molecule has 2 unspecified atom stereocenters. The number of rotatable bonds is 2. The minimum atomic E-state index is -0.444. The van der Waals surface area contributed by atoms with Crippen molar-refractivity contribution in [2.75, 3.05) is 0 Å². The maximum absolute atomic E-state index is 6.50. The van der Waals surface area contributed by atoms with E-state index in [0.717, 1.165) is 29.3 Å². The molecule has 1 fully saturated rings. The fraction of sp³-hybridized carbons (Fsp3) is 0.467. The Hall–Kier alpha value is -1.20. The molecular weight excluding hydrogens is 318 g/mol. The van der Waals surface area contributed by atoms with Crippen molar-refractivity contribution < 1.29 is 4.52 Å². The third-order valence-corrected chi connectivity index (χ3v) is 4.70. The molecule has 1 aliphatic carbocycles. The molecule has 0 radical (unpaired) electrons. The molecule has 1 aliphatic rings. The Kier molecular flexibility index (Phi) is 3.65. The van der Waals surface area contributed by atoms with Crippen molar-refractivity contribution in [3.63, 3.8) is 0 Å². The first-order valence-corrected chi connectivity index (χ1v) is 7.76. The van der Waals surface area contributed by atoms with Crippen molar-refractivity contribution in [3.05, 3.63) is 34.6 Å². The van der Waals surface area contributed by atoms with Crippen LogP contribution in [0.4, 0.5) is 0 Å². The molecule has 1 heterocycles. The molecule has 2 atom stereocenters. The van der Waals surface area contributed by atoms with Gasteiger partial charge in [-0.25, -0.2) is 0 Å². The second kappa shape index (κ2) is 5.30. The zero-order valence-corrected chi connectivity index (χ0v) is 13.1. The van der Waals surface area contributed by atoms with Gasteiger partial charge in [-0.2, -0.15) is 4.98 Å². The Morgan fingerprint density at radius 2 is 2.20 bits per heavy atom. The molecular formula is C15H18BrN3O. The van der Waals surface area contributed by atoms with Crippen molar-refractivity contribution in [2.45, 2.75) is 38.1 Å². The minimum Gasteiger partial charge on any atom is -0.334 e. The van der Waals surface area contributed by atoms with Crippen molar-refractivity contribution in [1.82, 2.24) is 10.1 Å². The molecule has 5 heteroatoms. The Bertz CT molecular complexity index is 613. The summed E-state index contributed by atoms with van der Waals surface area (Å²) in [5.74, 6) is 1.77.